The van der Waals surface area contributed by atoms with E-state index in [0.717, 1.165) is 18.8 Å². The van der Waals surface area contributed by atoms with Crippen molar-refractivity contribution in [2.75, 3.05) is 19.5 Å². The summed E-state index contributed by atoms with van der Waals surface area (Å²) in [6.45, 7) is 0.942. The Bertz CT molecular complexity index is 199. The van der Waals surface area contributed by atoms with Crippen LogP contribution in [0.15, 0.2) is 0 Å². The van der Waals surface area contributed by atoms with Crippen LogP contribution in [-0.2, 0) is 9.47 Å². The van der Waals surface area contributed by atoms with Gasteiger partial charge in [-0.05, 0) is 44.3 Å². The van der Waals surface area contributed by atoms with E-state index in [1.165, 1.54) is 64.2 Å². The minimum Gasteiger partial charge on any atom is -0.381 e. The van der Waals surface area contributed by atoms with Crippen LogP contribution in [0.2, 0.25) is 0 Å². The first kappa shape index (κ1) is 17.3. The first-order valence-corrected chi connectivity index (χ1v) is 8.75. The summed E-state index contributed by atoms with van der Waals surface area (Å²) in [5, 5.41) is 0. The Labute approximate surface area is 125 Å². The molecular weight excluding hydrogens is 256 g/mol. The van der Waals surface area contributed by atoms with Crippen LogP contribution in [0.5, 0.6) is 0 Å². The second-order valence-electron chi connectivity index (χ2n) is 5.72. The molecule has 2 unspecified atom stereocenters. The van der Waals surface area contributed by atoms with E-state index in [9.17, 15) is 0 Å². The summed E-state index contributed by atoms with van der Waals surface area (Å²) in [4.78, 5) is 0. The third-order valence-corrected chi connectivity index (χ3v) is 4.38. The molecule has 0 heterocycles. The van der Waals surface area contributed by atoms with Gasteiger partial charge in [-0.2, -0.15) is 12.6 Å². The lowest BCUT2D eigenvalue weighted by atomic mass is 9.95. The van der Waals surface area contributed by atoms with Crippen LogP contribution in [0.4, 0.5) is 0 Å². The Morgan fingerprint density at radius 1 is 0.895 bits per heavy atom. The van der Waals surface area contributed by atoms with Gasteiger partial charge >= 0.3 is 0 Å². The van der Waals surface area contributed by atoms with Gasteiger partial charge in [-0.1, -0.05) is 32.1 Å². The maximum Gasteiger partial charge on any atom is 0.0599 e. The summed E-state index contributed by atoms with van der Waals surface area (Å²) in [5.41, 5.74) is 0. The highest BCUT2D eigenvalue weighted by Crippen LogP contribution is 2.23. The van der Waals surface area contributed by atoms with E-state index < -0.39 is 0 Å². The smallest absolute Gasteiger partial charge is 0.0599 e. The van der Waals surface area contributed by atoms with Gasteiger partial charge in [0.05, 0.1) is 12.2 Å². The zero-order valence-corrected chi connectivity index (χ0v) is 13.5. The fourth-order valence-electron chi connectivity index (χ4n) is 2.82. The monoisotopic (exact) mass is 288 g/mol. The average molecular weight is 288 g/mol. The number of hydrogen-bond acceptors (Lipinski definition) is 3. The number of unbranched alkanes of at least 4 members (excludes halogenated alkanes) is 6. The summed E-state index contributed by atoms with van der Waals surface area (Å²) in [6.07, 6.45) is 15.0. The lowest BCUT2D eigenvalue weighted by molar-refractivity contribution is -0.0303. The lowest BCUT2D eigenvalue weighted by Crippen LogP contribution is -2.27. The van der Waals surface area contributed by atoms with E-state index in [1.54, 1.807) is 0 Å². The van der Waals surface area contributed by atoms with Crippen LogP contribution in [-0.4, -0.2) is 31.7 Å². The van der Waals surface area contributed by atoms with Crippen molar-refractivity contribution >= 4 is 12.6 Å². The van der Waals surface area contributed by atoms with E-state index >= 15 is 0 Å². The van der Waals surface area contributed by atoms with Gasteiger partial charge in [0.1, 0.15) is 0 Å². The highest BCUT2D eigenvalue weighted by Gasteiger charge is 2.21. The molecule has 0 spiro atoms. The summed E-state index contributed by atoms with van der Waals surface area (Å²) in [7, 11) is 1.82. The van der Waals surface area contributed by atoms with Crippen LogP contribution < -0.4 is 0 Å². The van der Waals surface area contributed by atoms with E-state index in [2.05, 4.69) is 12.6 Å². The highest BCUT2D eigenvalue weighted by atomic mass is 32.1. The van der Waals surface area contributed by atoms with Crippen LogP contribution in [0.3, 0.4) is 0 Å². The molecule has 1 fully saturated rings. The van der Waals surface area contributed by atoms with Crippen LogP contribution >= 0.6 is 12.6 Å². The molecular formula is C16H32O2S. The number of hydrogen-bond donors (Lipinski definition) is 1. The molecule has 19 heavy (non-hydrogen) atoms. The molecule has 0 saturated heterocycles. The number of rotatable bonds is 11. The molecule has 1 aliphatic carbocycles. The van der Waals surface area contributed by atoms with Gasteiger partial charge in [0.15, 0.2) is 0 Å². The first-order chi connectivity index (χ1) is 9.36. The Hall–Kier alpha value is 0.270. The molecule has 114 valence electrons. The molecule has 0 aromatic heterocycles. The predicted molar refractivity (Wildman–Crippen MR) is 85.2 cm³/mol. The molecule has 2 atom stereocenters. The third-order valence-electron chi connectivity index (χ3n) is 4.07. The summed E-state index contributed by atoms with van der Waals surface area (Å²) >= 11 is 4.23. The van der Waals surface area contributed by atoms with Gasteiger partial charge in [-0.25, -0.2) is 0 Å². The van der Waals surface area contributed by atoms with Crippen LogP contribution in [0, 0.1) is 0 Å². The molecule has 0 N–H and O–H groups in total. The first-order valence-electron chi connectivity index (χ1n) is 8.12. The van der Waals surface area contributed by atoms with Gasteiger partial charge in [0.2, 0.25) is 0 Å². The van der Waals surface area contributed by atoms with Gasteiger partial charge in [-0.15, -0.1) is 0 Å². The number of thiol groups is 1. The zero-order chi connectivity index (χ0) is 13.8. The van der Waals surface area contributed by atoms with E-state index in [-0.39, 0.29) is 0 Å². The zero-order valence-electron chi connectivity index (χ0n) is 12.6. The molecule has 1 saturated carbocycles. The SMILES string of the molecule is COC1CCCC(OCCCCCCCCCS)C1. The standard InChI is InChI=1S/C16H32O2S/c1-17-15-10-9-11-16(14-15)18-12-7-5-3-2-4-6-8-13-19/h15-16,19H,2-14H2,1H3. The average Bonchev–Trinajstić information content (AvgIpc) is 2.46. The van der Waals surface area contributed by atoms with E-state index in [4.69, 9.17) is 9.47 Å². The topological polar surface area (TPSA) is 18.5 Å². The summed E-state index contributed by atoms with van der Waals surface area (Å²) in [5.74, 6) is 1.04. The predicted octanol–water partition coefficient (Wildman–Crippen LogP) is 4.62. The summed E-state index contributed by atoms with van der Waals surface area (Å²) in [6, 6.07) is 0. The summed E-state index contributed by atoms with van der Waals surface area (Å²) < 4.78 is 11.4. The Kier molecular flexibility index (Phi) is 11.0. The molecule has 0 aliphatic heterocycles. The van der Waals surface area contributed by atoms with Crippen molar-refractivity contribution in [1.29, 1.82) is 0 Å². The van der Waals surface area contributed by atoms with Crippen molar-refractivity contribution in [3.8, 4) is 0 Å². The molecule has 0 radical (unpaired) electrons. The second-order valence-corrected chi connectivity index (χ2v) is 6.16. The normalized spacial score (nSPS) is 23.7. The van der Waals surface area contributed by atoms with Gasteiger partial charge < -0.3 is 9.47 Å². The van der Waals surface area contributed by atoms with Crippen LogP contribution in [0.25, 0.3) is 0 Å². The molecule has 1 rings (SSSR count). The van der Waals surface area contributed by atoms with Crippen molar-refractivity contribution in [2.24, 2.45) is 0 Å². The Balaban J connectivity index is 1.85. The minimum atomic E-state index is 0.436. The van der Waals surface area contributed by atoms with Gasteiger partial charge in [0.25, 0.3) is 0 Å². The maximum absolute atomic E-state index is 5.97. The lowest BCUT2D eigenvalue weighted by Gasteiger charge is -2.28. The minimum absolute atomic E-state index is 0.436. The van der Waals surface area contributed by atoms with Gasteiger partial charge in [0, 0.05) is 13.7 Å². The van der Waals surface area contributed by atoms with Crippen molar-refractivity contribution < 1.29 is 9.47 Å². The number of methoxy groups -OCH3 is 1. The third kappa shape index (κ3) is 8.93. The van der Waals surface area contributed by atoms with Crippen molar-refractivity contribution in [2.45, 2.75) is 82.8 Å². The van der Waals surface area contributed by atoms with Crippen molar-refractivity contribution in [1.82, 2.24) is 0 Å². The Morgan fingerprint density at radius 3 is 2.21 bits per heavy atom. The molecule has 2 nitrogen and oxygen atoms in total. The quantitative estimate of drug-likeness (QED) is 0.442. The maximum atomic E-state index is 5.97. The van der Waals surface area contributed by atoms with E-state index in [1.807, 2.05) is 7.11 Å². The second kappa shape index (κ2) is 12.0. The molecule has 0 bridgehead atoms. The highest BCUT2D eigenvalue weighted by molar-refractivity contribution is 7.80. The molecule has 0 aromatic rings. The fourth-order valence-corrected chi connectivity index (χ4v) is 3.04. The van der Waals surface area contributed by atoms with Crippen molar-refractivity contribution in [3.63, 3.8) is 0 Å². The molecule has 0 aromatic carbocycles. The van der Waals surface area contributed by atoms with Crippen LogP contribution in [0.1, 0.15) is 70.6 Å². The fraction of sp³-hybridized carbons (Fsp3) is 1.00. The largest absolute Gasteiger partial charge is 0.381 e. The number of ether oxygens (including phenoxy) is 2. The van der Waals surface area contributed by atoms with Crippen molar-refractivity contribution in [3.05, 3.63) is 0 Å². The van der Waals surface area contributed by atoms with Gasteiger partial charge in [-0.3, -0.25) is 0 Å². The molecule has 1 aliphatic rings. The van der Waals surface area contributed by atoms with E-state index in [0.29, 0.717) is 12.2 Å². The molecule has 0 amide bonds. The molecule has 3 heteroatoms. The Morgan fingerprint density at radius 2 is 1.53 bits per heavy atom.